The van der Waals surface area contributed by atoms with E-state index in [2.05, 4.69) is 4.74 Å². The summed E-state index contributed by atoms with van der Waals surface area (Å²) in [6.45, 7) is 1.04. The fraction of sp³-hybridized carbons (Fsp3) is 0.412. The number of ether oxygens (including phenoxy) is 2. The number of esters is 1. The molecule has 1 aromatic carbocycles. The summed E-state index contributed by atoms with van der Waals surface area (Å²) in [6, 6.07) is 5.16. The number of nitrogens with two attached hydrogens (primary N) is 1. The van der Waals surface area contributed by atoms with Crippen LogP contribution in [0.15, 0.2) is 30.1 Å². The number of carbonyl (C=O) groups is 2. The Labute approximate surface area is 152 Å². The molecule has 0 atom stereocenters. The summed E-state index contributed by atoms with van der Waals surface area (Å²) in [6.07, 6.45) is 1.29. The van der Waals surface area contributed by atoms with Crippen molar-refractivity contribution in [3.05, 3.63) is 41.2 Å². The van der Waals surface area contributed by atoms with E-state index in [-0.39, 0.29) is 43.9 Å². The summed E-state index contributed by atoms with van der Waals surface area (Å²) in [5, 5.41) is 0. The molecular weight excluding hydrogens is 351 g/mol. The SMILES string of the molecule is COC(=O)CCN1CCc2cc(OC/C(=C\F)CN)ccc2C1=O.Cl. The van der Waals surface area contributed by atoms with Gasteiger partial charge < -0.3 is 20.1 Å². The van der Waals surface area contributed by atoms with Gasteiger partial charge in [-0.1, -0.05) is 0 Å². The van der Waals surface area contributed by atoms with Crippen molar-refractivity contribution in [3.63, 3.8) is 0 Å². The number of halogens is 2. The van der Waals surface area contributed by atoms with Crippen LogP contribution < -0.4 is 10.5 Å². The fourth-order valence-electron chi connectivity index (χ4n) is 2.46. The average Bonchev–Trinajstić information content (AvgIpc) is 2.61. The quantitative estimate of drug-likeness (QED) is 0.739. The number of nitrogens with zero attached hydrogens (tertiary/aromatic N) is 1. The second kappa shape index (κ2) is 10.0. The van der Waals surface area contributed by atoms with Crippen LogP contribution >= 0.6 is 12.4 Å². The Morgan fingerprint density at radius 2 is 2.20 bits per heavy atom. The number of carbonyl (C=O) groups excluding carboxylic acids is 2. The second-order valence-electron chi connectivity index (χ2n) is 5.45. The van der Waals surface area contributed by atoms with Gasteiger partial charge in [-0.25, -0.2) is 4.39 Å². The van der Waals surface area contributed by atoms with E-state index in [9.17, 15) is 14.0 Å². The molecule has 0 saturated heterocycles. The van der Waals surface area contributed by atoms with Crippen LogP contribution in [0, 0.1) is 0 Å². The Morgan fingerprint density at radius 1 is 1.44 bits per heavy atom. The zero-order valence-electron chi connectivity index (χ0n) is 14.0. The van der Waals surface area contributed by atoms with Gasteiger partial charge in [0.1, 0.15) is 12.4 Å². The summed E-state index contributed by atoms with van der Waals surface area (Å²) < 4.78 is 22.6. The van der Waals surface area contributed by atoms with Crippen molar-refractivity contribution in [3.8, 4) is 5.75 Å². The van der Waals surface area contributed by atoms with E-state index in [0.29, 0.717) is 42.7 Å². The highest BCUT2D eigenvalue weighted by Crippen LogP contribution is 2.24. The topological polar surface area (TPSA) is 81.9 Å². The molecule has 2 rings (SSSR count). The van der Waals surface area contributed by atoms with Crippen molar-refractivity contribution >= 4 is 24.3 Å². The highest BCUT2D eigenvalue weighted by atomic mass is 35.5. The summed E-state index contributed by atoms with van der Waals surface area (Å²) in [4.78, 5) is 25.3. The van der Waals surface area contributed by atoms with Crippen molar-refractivity contribution in [1.29, 1.82) is 0 Å². The van der Waals surface area contributed by atoms with Crippen molar-refractivity contribution in [2.75, 3.05) is 33.4 Å². The van der Waals surface area contributed by atoms with Crippen molar-refractivity contribution in [2.24, 2.45) is 5.73 Å². The van der Waals surface area contributed by atoms with Crippen LogP contribution in [-0.4, -0.2) is 50.1 Å². The molecule has 1 aromatic rings. The van der Waals surface area contributed by atoms with Gasteiger partial charge in [-0.2, -0.15) is 0 Å². The molecule has 25 heavy (non-hydrogen) atoms. The van der Waals surface area contributed by atoms with Crippen LogP contribution in [0.4, 0.5) is 4.39 Å². The van der Waals surface area contributed by atoms with Gasteiger partial charge in [-0.3, -0.25) is 9.59 Å². The molecule has 0 aliphatic carbocycles. The maximum absolute atomic E-state index is 12.5. The van der Waals surface area contributed by atoms with E-state index in [1.165, 1.54) is 7.11 Å². The van der Waals surface area contributed by atoms with Gasteiger partial charge >= 0.3 is 5.97 Å². The Hall–Kier alpha value is -2.12. The third-order valence-electron chi connectivity index (χ3n) is 3.90. The summed E-state index contributed by atoms with van der Waals surface area (Å²) in [5.41, 5.74) is 7.22. The van der Waals surface area contributed by atoms with E-state index >= 15 is 0 Å². The normalized spacial score (nSPS) is 13.8. The molecule has 1 heterocycles. The zero-order chi connectivity index (χ0) is 17.5. The van der Waals surface area contributed by atoms with E-state index in [1.54, 1.807) is 23.1 Å². The minimum absolute atomic E-state index is 0. The molecular formula is C17H22ClFN2O4. The van der Waals surface area contributed by atoms with Crippen molar-refractivity contribution in [2.45, 2.75) is 12.8 Å². The third kappa shape index (κ3) is 5.44. The predicted molar refractivity (Wildman–Crippen MR) is 93.7 cm³/mol. The first-order valence-corrected chi connectivity index (χ1v) is 7.69. The van der Waals surface area contributed by atoms with Crippen LogP contribution in [0.25, 0.3) is 0 Å². The monoisotopic (exact) mass is 372 g/mol. The standard InChI is InChI=1S/C17H21FN2O4.ClH/c1-23-16(21)5-7-20-6-4-13-8-14(2-3-15(13)17(20)22)24-11-12(9-18)10-19;/h2-3,8-9H,4-7,10-11,19H2,1H3;1H/b12-9-;. The molecule has 0 unspecified atom stereocenters. The third-order valence-corrected chi connectivity index (χ3v) is 3.90. The molecule has 1 aliphatic heterocycles. The first-order valence-electron chi connectivity index (χ1n) is 7.69. The average molecular weight is 373 g/mol. The lowest BCUT2D eigenvalue weighted by molar-refractivity contribution is -0.140. The fourth-order valence-corrected chi connectivity index (χ4v) is 2.46. The molecule has 0 aromatic heterocycles. The Kier molecular flexibility index (Phi) is 8.37. The smallest absolute Gasteiger partial charge is 0.307 e. The largest absolute Gasteiger partial charge is 0.489 e. The van der Waals surface area contributed by atoms with Gasteiger partial charge in [0.05, 0.1) is 19.9 Å². The molecule has 8 heteroatoms. The Balaban J connectivity index is 0.00000312. The molecule has 0 fully saturated rings. The van der Waals surface area contributed by atoms with Crippen LogP contribution in [0.5, 0.6) is 5.75 Å². The number of hydrogen-bond acceptors (Lipinski definition) is 5. The van der Waals surface area contributed by atoms with Gasteiger partial charge in [-0.15, -0.1) is 12.4 Å². The number of amides is 1. The van der Waals surface area contributed by atoms with Crippen LogP contribution in [-0.2, 0) is 16.0 Å². The number of fused-ring (bicyclic) bond motifs is 1. The van der Waals surface area contributed by atoms with Gasteiger partial charge in [-0.05, 0) is 30.2 Å². The first kappa shape index (κ1) is 20.9. The lowest BCUT2D eigenvalue weighted by Crippen LogP contribution is -2.38. The van der Waals surface area contributed by atoms with E-state index in [0.717, 1.165) is 5.56 Å². The zero-order valence-corrected chi connectivity index (χ0v) is 14.8. The van der Waals surface area contributed by atoms with E-state index < -0.39 is 0 Å². The predicted octanol–water partition coefficient (Wildman–Crippen LogP) is 1.86. The van der Waals surface area contributed by atoms with Crippen LogP contribution in [0.1, 0.15) is 22.3 Å². The number of methoxy groups -OCH3 is 1. The first-order chi connectivity index (χ1) is 11.6. The molecule has 6 nitrogen and oxygen atoms in total. The molecule has 138 valence electrons. The van der Waals surface area contributed by atoms with Crippen LogP contribution in [0.3, 0.4) is 0 Å². The minimum Gasteiger partial charge on any atom is -0.489 e. The lowest BCUT2D eigenvalue weighted by atomic mass is 9.98. The van der Waals surface area contributed by atoms with Crippen molar-refractivity contribution < 1.29 is 23.5 Å². The van der Waals surface area contributed by atoms with Crippen LogP contribution in [0.2, 0.25) is 0 Å². The highest BCUT2D eigenvalue weighted by Gasteiger charge is 2.25. The maximum atomic E-state index is 12.5. The molecule has 0 bridgehead atoms. The van der Waals surface area contributed by atoms with Gasteiger partial charge in [0.25, 0.3) is 5.91 Å². The highest BCUT2D eigenvalue weighted by molar-refractivity contribution is 5.97. The maximum Gasteiger partial charge on any atom is 0.307 e. The number of hydrogen-bond donors (Lipinski definition) is 1. The molecule has 0 radical (unpaired) electrons. The lowest BCUT2D eigenvalue weighted by Gasteiger charge is -2.28. The molecule has 0 saturated carbocycles. The summed E-state index contributed by atoms with van der Waals surface area (Å²) >= 11 is 0. The minimum atomic E-state index is -0.339. The molecule has 0 spiro atoms. The van der Waals surface area contributed by atoms with E-state index in [4.69, 9.17) is 10.5 Å². The second-order valence-corrected chi connectivity index (χ2v) is 5.45. The van der Waals surface area contributed by atoms with Gasteiger partial charge in [0.2, 0.25) is 0 Å². The Morgan fingerprint density at radius 3 is 2.84 bits per heavy atom. The summed E-state index contributed by atoms with van der Waals surface area (Å²) in [7, 11) is 1.32. The van der Waals surface area contributed by atoms with Gasteiger partial charge in [0, 0.05) is 30.8 Å². The van der Waals surface area contributed by atoms with Crippen molar-refractivity contribution in [1.82, 2.24) is 4.90 Å². The molecule has 2 N–H and O–H groups in total. The molecule has 1 amide bonds. The number of benzene rings is 1. The Bertz CT molecular complexity index is 652. The molecule has 1 aliphatic rings. The summed E-state index contributed by atoms with van der Waals surface area (Å²) in [5.74, 6) is 0.115. The number of rotatable bonds is 7. The van der Waals surface area contributed by atoms with Gasteiger partial charge in [0.15, 0.2) is 0 Å². The van der Waals surface area contributed by atoms with E-state index in [1.807, 2.05) is 0 Å².